The summed E-state index contributed by atoms with van der Waals surface area (Å²) in [5, 5.41) is 16.9. The summed E-state index contributed by atoms with van der Waals surface area (Å²) in [7, 11) is 0. The van der Waals surface area contributed by atoms with Crippen LogP contribution in [0, 0.1) is 29.1 Å². The average molecular weight is 438 g/mol. The van der Waals surface area contributed by atoms with Gasteiger partial charge in [0.05, 0.1) is 11.6 Å². The molecule has 2 bridgehead atoms. The highest BCUT2D eigenvalue weighted by Gasteiger charge is 2.42. The maximum Gasteiger partial charge on any atom is 0.419 e. The molecule has 1 N–H and O–H groups in total. The van der Waals surface area contributed by atoms with Crippen LogP contribution in [0.1, 0.15) is 38.3 Å². The minimum Gasteiger partial charge on any atom is -0.424 e. The minimum absolute atomic E-state index is 0.0130. The molecule has 166 valence electrons. The Bertz CT molecular complexity index is 985. The number of likely N-dealkylation sites (tertiary alicyclic amines) is 1. The van der Waals surface area contributed by atoms with E-state index in [9.17, 15) is 22.8 Å². The fraction of sp³-hybridized carbons (Fsp3) is 0.550. The first kappa shape index (κ1) is 21.2. The molecule has 1 aromatic heterocycles. The van der Waals surface area contributed by atoms with Crippen LogP contribution in [-0.4, -0.2) is 38.8 Å². The lowest BCUT2D eigenvalue weighted by Gasteiger charge is -2.35. The van der Waals surface area contributed by atoms with Crippen molar-refractivity contribution in [3.05, 3.63) is 29.6 Å². The van der Waals surface area contributed by atoms with E-state index in [-0.39, 0.29) is 23.8 Å². The molecule has 7 nitrogen and oxygen atoms in total. The van der Waals surface area contributed by atoms with E-state index < -0.39 is 17.6 Å². The van der Waals surface area contributed by atoms with Gasteiger partial charge in [-0.1, -0.05) is 0 Å². The zero-order valence-electron chi connectivity index (χ0n) is 17.0. The lowest BCUT2D eigenvalue weighted by molar-refractivity contribution is -0.140. The molecule has 4 rings (SSSR count). The Hall–Kier alpha value is -3.03. The van der Waals surface area contributed by atoms with Crippen molar-refractivity contribution in [3.8, 4) is 18.0 Å². The summed E-state index contributed by atoms with van der Waals surface area (Å²) < 4.78 is 59.6. The van der Waals surface area contributed by atoms with Gasteiger partial charge in [0.2, 0.25) is 5.95 Å². The number of fused-ring (bicyclic) bond motifs is 2. The summed E-state index contributed by atoms with van der Waals surface area (Å²) in [5.41, 5.74) is -1.40. The Kier molecular flexibility index (Phi) is 5.41. The van der Waals surface area contributed by atoms with Crippen LogP contribution < -0.4 is 10.1 Å². The third kappa shape index (κ3) is 4.24. The quantitative estimate of drug-likeness (QED) is 0.550. The van der Waals surface area contributed by atoms with Crippen molar-refractivity contribution >= 4 is 5.95 Å². The van der Waals surface area contributed by atoms with E-state index in [1.165, 1.54) is 4.68 Å². The number of alkyl halides is 3. The Morgan fingerprint density at radius 1 is 1.23 bits per heavy atom. The van der Waals surface area contributed by atoms with Crippen LogP contribution >= 0.6 is 0 Å². The molecule has 1 aromatic carbocycles. The first-order chi connectivity index (χ1) is 14.7. The topological polar surface area (TPSA) is 79.0 Å². The maximum atomic E-state index is 13.6. The molecule has 1 saturated heterocycles. The van der Waals surface area contributed by atoms with Crippen LogP contribution in [0.25, 0.3) is 0 Å². The summed E-state index contributed by atoms with van der Waals surface area (Å²) in [5.74, 6) is -0.654. The van der Waals surface area contributed by atoms with Gasteiger partial charge in [-0.25, -0.2) is 9.07 Å². The number of hydrogen-bond acceptors (Lipinski definition) is 6. The van der Waals surface area contributed by atoms with Crippen LogP contribution in [0.4, 0.5) is 23.5 Å². The molecule has 0 radical (unpaired) electrons. The normalized spacial score (nSPS) is 23.2. The largest absolute Gasteiger partial charge is 0.424 e. The number of aromatic nitrogens is 3. The molecule has 0 spiro atoms. The predicted molar refractivity (Wildman–Crippen MR) is 103 cm³/mol. The van der Waals surface area contributed by atoms with Crippen molar-refractivity contribution in [2.24, 2.45) is 11.8 Å². The highest BCUT2D eigenvalue weighted by molar-refractivity contribution is 5.35. The SMILES string of the molecule is CC(C)n1nc(NC2[C@@H]3CC[C@H]2CN(C#N)C3)nc1Oc1ccc(F)c(C(F)(F)F)c1. The molecule has 1 aliphatic carbocycles. The molecule has 1 aliphatic heterocycles. The lowest BCUT2D eigenvalue weighted by Crippen LogP contribution is -2.46. The van der Waals surface area contributed by atoms with Gasteiger partial charge in [-0.05, 0) is 56.7 Å². The lowest BCUT2D eigenvalue weighted by atomic mass is 9.92. The van der Waals surface area contributed by atoms with E-state index in [0.29, 0.717) is 43.0 Å². The summed E-state index contributed by atoms with van der Waals surface area (Å²) in [4.78, 5) is 6.10. The van der Waals surface area contributed by atoms with Crippen molar-refractivity contribution in [2.75, 3.05) is 18.4 Å². The van der Waals surface area contributed by atoms with Crippen molar-refractivity contribution in [1.82, 2.24) is 19.7 Å². The number of nitrogens with one attached hydrogen (secondary N) is 1. The van der Waals surface area contributed by atoms with E-state index in [4.69, 9.17) is 4.74 Å². The summed E-state index contributed by atoms with van der Waals surface area (Å²) in [6.45, 7) is 5.03. The number of rotatable bonds is 5. The number of anilines is 1. The monoisotopic (exact) mass is 438 g/mol. The summed E-state index contributed by atoms with van der Waals surface area (Å²) >= 11 is 0. The second kappa shape index (κ2) is 7.90. The molecule has 11 heteroatoms. The van der Waals surface area contributed by atoms with E-state index in [2.05, 4.69) is 21.6 Å². The van der Waals surface area contributed by atoms with Crippen molar-refractivity contribution in [1.29, 1.82) is 5.26 Å². The van der Waals surface area contributed by atoms with Gasteiger partial charge >= 0.3 is 12.2 Å². The Labute approximate surface area is 176 Å². The van der Waals surface area contributed by atoms with Crippen LogP contribution in [0.5, 0.6) is 11.8 Å². The number of halogens is 4. The molecule has 2 aromatic rings. The van der Waals surface area contributed by atoms with Gasteiger partial charge in [-0.15, -0.1) is 5.10 Å². The minimum atomic E-state index is -4.83. The molecule has 3 atom stereocenters. The van der Waals surface area contributed by atoms with E-state index in [0.717, 1.165) is 18.9 Å². The zero-order valence-corrected chi connectivity index (χ0v) is 17.0. The molecular weight excluding hydrogens is 416 g/mol. The van der Waals surface area contributed by atoms with Gasteiger partial charge in [-0.2, -0.15) is 23.4 Å². The van der Waals surface area contributed by atoms with Gasteiger partial charge in [0.25, 0.3) is 0 Å². The highest BCUT2D eigenvalue weighted by Crippen LogP contribution is 2.39. The average Bonchev–Trinajstić information content (AvgIpc) is 3.19. The van der Waals surface area contributed by atoms with Crippen molar-refractivity contribution in [2.45, 2.75) is 44.9 Å². The fourth-order valence-electron chi connectivity index (χ4n) is 4.36. The van der Waals surface area contributed by atoms with Crippen LogP contribution in [0.3, 0.4) is 0 Å². The van der Waals surface area contributed by atoms with Gasteiger partial charge in [-0.3, -0.25) is 0 Å². The number of piperidine rings is 1. The van der Waals surface area contributed by atoms with Crippen LogP contribution in [0.15, 0.2) is 18.2 Å². The van der Waals surface area contributed by atoms with Crippen molar-refractivity contribution < 1.29 is 22.3 Å². The first-order valence-corrected chi connectivity index (χ1v) is 10.1. The highest BCUT2D eigenvalue weighted by atomic mass is 19.4. The van der Waals surface area contributed by atoms with Gasteiger partial charge < -0.3 is 15.0 Å². The molecule has 2 aliphatic rings. The standard InChI is InChI=1S/C20H22F4N6O/c1-11(2)30-19(31-14-5-6-16(21)15(7-14)20(22,23)24)27-18(28-30)26-17-12-3-4-13(17)9-29(8-12)10-25/h5-7,11-13,17H,3-4,8-9H2,1-2H3,(H,26,28)/t12-,13+,17?. The molecule has 1 saturated carbocycles. The number of ether oxygens (including phenoxy) is 1. The van der Waals surface area contributed by atoms with E-state index >= 15 is 0 Å². The third-order valence-corrected chi connectivity index (χ3v) is 5.81. The molecule has 2 heterocycles. The van der Waals surface area contributed by atoms with Crippen molar-refractivity contribution in [3.63, 3.8) is 0 Å². The van der Waals surface area contributed by atoms with Crippen LogP contribution in [0.2, 0.25) is 0 Å². The Balaban J connectivity index is 1.56. The van der Waals surface area contributed by atoms with Gasteiger partial charge in [0.1, 0.15) is 11.6 Å². The van der Waals surface area contributed by atoms with E-state index in [1.807, 2.05) is 13.8 Å². The molecular formula is C20H22F4N6O. The second-order valence-electron chi connectivity index (χ2n) is 8.27. The Morgan fingerprint density at radius 2 is 1.90 bits per heavy atom. The summed E-state index contributed by atoms with van der Waals surface area (Å²) in [6, 6.07) is 2.41. The van der Waals surface area contributed by atoms with Gasteiger partial charge in [0, 0.05) is 19.1 Å². The number of nitrogens with zero attached hydrogens (tertiary/aromatic N) is 5. The zero-order chi connectivity index (χ0) is 22.3. The number of hydrogen-bond donors (Lipinski definition) is 1. The Morgan fingerprint density at radius 3 is 2.48 bits per heavy atom. The van der Waals surface area contributed by atoms with Gasteiger partial charge in [0.15, 0.2) is 6.19 Å². The first-order valence-electron chi connectivity index (χ1n) is 10.1. The second-order valence-corrected chi connectivity index (χ2v) is 8.27. The number of benzene rings is 1. The molecule has 0 amide bonds. The fourth-order valence-corrected chi connectivity index (χ4v) is 4.36. The molecule has 1 unspecified atom stereocenters. The smallest absolute Gasteiger partial charge is 0.419 e. The third-order valence-electron chi connectivity index (χ3n) is 5.81. The predicted octanol–water partition coefficient (Wildman–Crippen LogP) is 4.41. The number of nitriles is 1. The van der Waals surface area contributed by atoms with E-state index in [1.54, 1.807) is 4.90 Å². The molecule has 2 fully saturated rings. The summed E-state index contributed by atoms with van der Waals surface area (Å²) in [6.07, 6.45) is -0.618. The van der Waals surface area contributed by atoms with Crippen LogP contribution in [-0.2, 0) is 6.18 Å². The maximum absolute atomic E-state index is 13.6. The molecule has 31 heavy (non-hydrogen) atoms.